The molecular formula is C28H29N2O6P. The minimum Gasteiger partial charge on any atom is -0.462 e. The van der Waals surface area contributed by atoms with Crippen molar-refractivity contribution in [3.63, 3.8) is 0 Å². The predicted molar refractivity (Wildman–Crippen MR) is 145 cm³/mol. The lowest BCUT2D eigenvalue weighted by atomic mass is 10.00. The lowest BCUT2D eigenvalue weighted by Crippen LogP contribution is -2.12. The van der Waals surface area contributed by atoms with E-state index in [2.05, 4.69) is 10.6 Å². The molecular weight excluding hydrogens is 491 g/mol. The van der Waals surface area contributed by atoms with Gasteiger partial charge in [-0.05, 0) is 68.8 Å². The molecule has 0 fully saturated rings. The van der Waals surface area contributed by atoms with Crippen molar-refractivity contribution in [3.8, 4) is 0 Å². The van der Waals surface area contributed by atoms with Gasteiger partial charge in [0.25, 0.3) is 5.91 Å². The molecule has 2 N–H and O–H groups in total. The molecule has 8 nitrogen and oxygen atoms in total. The number of fused-ring (bicyclic) bond motifs is 1. The molecule has 1 heterocycles. The van der Waals surface area contributed by atoms with Crippen molar-refractivity contribution in [1.82, 2.24) is 0 Å². The summed E-state index contributed by atoms with van der Waals surface area (Å²) < 4.78 is 29.6. The van der Waals surface area contributed by atoms with Crippen LogP contribution >= 0.6 is 7.60 Å². The zero-order valence-corrected chi connectivity index (χ0v) is 21.8. The number of rotatable bonds is 10. The highest BCUT2D eigenvalue weighted by molar-refractivity contribution is 7.62. The third kappa shape index (κ3) is 5.67. The van der Waals surface area contributed by atoms with Gasteiger partial charge < -0.3 is 24.4 Å². The molecule has 0 radical (unpaired) electrons. The number of nitrogens with one attached hydrogen (secondary N) is 2. The van der Waals surface area contributed by atoms with Crippen LogP contribution in [-0.4, -0.2) is 31.7 Å². The van der Waals surface area contributed by atoms with Gasteiger partial charge >= 0.3 is 13.6 Å². The maximum atomic E-state index is 13.4. The molecule has 192 valence electrons. The van der Waals surface area contributed by atoms with Crippen LogP contribution in [0.15, 0.2) is 72.8 Å². The maximum Gasteiger partial charge on any atom is 0.361 e. The first-order chi connectivity index (χ1) is 17.9. The van der Waals surface area contributed by atoms with Crippen molar-refractivity contribution in [2.24, 2.45) is 0 Å². The molecule has 3 aromatic carbocycles. The van der Waals surface area contributed by atoms with E-state index in [9.17, 15) is 14.2 Å². The standard InChI is InChI=1S/C28H29N2O6P/c1-4-34-28(32)20-12-14-21(15-13-20)29-26(19-10-8-7-9-11-19)25-23-18-22(16-17-24(23)30-27(25)31)37(33,35-5-2)36-6-3/h7-18,29H,4-6H2,1-3H3,(H,30,31)/b26-25-. The van der Waals surface area contributed by atoms with Crippen molar-refractivity contribution >= 4 is 47.4 Å². The van der Waals surface area contributed by atoms with Crippen LogP contribution in [0.4, 0.5) is 11.4 Å². The summed E-state index contributed by atoms with van der Waals surface area (Å²) in [6, 6.07) is 21.3. The molecule has 1 aliphatic rings. The third-order valence-corrected chi connectivity index (χ3v) is 7.75. The first-order valence-electron chi connectivity index (χ1n) is 12.1. The van der Waals surface area contributed by atoms with Crippen molar-refractivity contribution < 1.29 is 27.9 Å². The summed E-state index contributed by atoms with van der Waals surface area (Å²) in [5.41, 5.74) is 3.99. The summed E-state index contributed by atoms with van der Waals surface area (Å²) in [5, 5.41) is 6.62. The Morgan fingerprint density at radius 3 is 2.16 bits per heavy atom. The number of benzene rings is 3. The van der Waals surface area contributed by atoms with E-state index in [0.717, 1.165) is 5.56 Å². The van der Waals surface area contributed by atoms with Gasteiger partial charge in [-0.25, -0.2) is 4.79 Å². The molecule has 37 heavy (non-hydrogen) atoms. The Labute approximate surface area is 216 Å². The van der Waals surface area contributed by atoms with Crippen LogP contribution < -0.4 is 15.9 Å². The fourth-order valence-electron chi connectivity index (χ4n) is 4.03. The molecule has 1 amide bonds. The Morgan fingerprint density at radius 1 is 0.865 bits per heavy atom. The van der Waals surface area contributed by atoms with Gasteiger partial charge in [0, 0.05) is 16.9 Å². The average molecular weight is 521 g/mol. The molecule has 3 aromatic rings. The van der Waals surface area contributed by atoms with Gasteiger partial charge in [-0.3, -0.25) is 9.36 Å². The molecule has 1 aliphatic heterocycles. The van der Waals surface area contributed by atoms with Gasteiger partial charge in [-0.1, -0.05) is 30.3 Å². The largest absolute Gasteiger partial charge is 0.462 e. The Balaban J connectivity index is 1.82. The smallest absolute Gasteiger partial charge is 0.361 e. The van der Waals surface area contributed by atoms with Gasteiger partial charge in [0.15, 0.2) is 0 Å². The van der Waals surface area contributed by atoms with Gasteiger partial charge in [0.2, 0.25) is 0 Å². The predicted octanol–water partition coefficient (Wildman–Crippen LogP) is 5.69. The highest BCUT2D eigenvalue weighted by atomic mass is 31.2. The van der Waals surface area contributed by atoms with Crippen LogP contribution in [0.25, 0.3) is 11.3 Å². The lowest BCUT2D eigenvalue weighted by molar-refractivity contribution is -0.110. The quantitative estimate of drug-likeness (QED) is 0.201. The SMILES string of the molecule is CCOC(=O)c1ccc(N/C(=C2\C(=O)Nc3ccc(P(=O)(OCC)OCC)cc32)c2ccccc2)cc1. The number of carbonyl (C=O) groups is 2. The topological polar surface area (TPSA) is 103 Å². The first kappa shape index (κ1) is 26.4. The molecule has 0 atom stereocenters. The maximum absolute atomic E-state index is 13.4. The second kappa shape index (κ2) is 11.6. The minimum absolute atomic E-state index is 0.215. The zero-order valence-electron chi connectivity index (χ0n) is 20.9. The van der Waals surface area contributed by atoms with Gasteiger partial charge in [0.05, 0.1) is 42.0 Å². The number of anilines is 2. The number of hydrogen-bond donors (Lipinski definition) is 2. The summed E-state index contributed by atoms with van der Waals surface area (Å²) in [6.45, 7) is 5.97. The van der Waals surface area contributed by atoms with E-state index in [1.165, 1.54) is 0 Å². The lowest BCUT2D eigenvalue weighted by Gasteiger charge is -2.18. The second-order valence-corrected chi connectivity index (χ2v) is 10.1. The Kier molecular flexibility index (Phi) is 8.24. The Bertz CT molecular complexity index is 1360. The zero-order chi connectivity index (χ0) is 26.4. The van der Waals surface area contributed by atoms with Gasteiger partial charge in [-0.2, -0.15) is 0 Å². The summed E-state index contributed by atoms with van der Waals surface area (Å²) in [6.07, 6.45) is 0. The van der Waals surface area contributed by atoms with Gasteiger partial charge in [-0.15, -0.1) is 0 Å². The summed E-state index contributed by atoms with van der Waals surface area (Å²) in [5.74, 6) is -0.704. The third-order valence-electron chi connectivity index (χ3n) is 5.64. The fraction of sp³-hybridized carbons (Fsp3) is 0.214. The number of amides is 1. The van der Waals surface area contributed by atoms with Crippen molar-refractivity contribution in [3.05, 3.63) is 89.5 Å². The van der Waals surface area contributed by atoms with E-state index in [0.29, 0.717) is 45.7 Å². The molecule has 0 saturated carbocycles. The van der Waals surface area contributed by atoms with Crippen LogP contribution in [0.2, 0.25) is 0 Å². The number of hydrogen-bond acceptors (Lipinski definition) is 7. The monoisotopic (exact) mass is 520 g/mol. The summed E-state index contributed by atoms with van der Waals surface area (Å²) >= 11 is 0. The molecule has 9 heteroatoms. The molecule has 0 saturated heterocycles. The van der Waals surface area contributed by atoms with E-state index in [-0.39, 0.29) is 19.1 Å². The van der Waals surface area contributed by atoms with Crippen molar-refractivity contribution in [2.75, 3.05) is 30.5 Å². The number of ether oxygens (including phenoxy) is 1. The van der Waals surface area contributed by atoms with E-state index < -0.39 is 13.6 Å². The van der Waals surface area contributed by atoms with Crippen molar-refractivity contribution in [2.45, 2.75) is 20.8 Å². The highest BCUT2D eigenvalue weighted by Gasteiger charge is 2.33. The number of carbonyl (C=O) groups excluding carboxylic acids is 2. The van der Waals surface area contributed by atoms with E-state index >= 15 is 0 Å². The Hall–Kier alpha value is -3.71. The highest BCUT2D eigenvalue weighted by Crippen LogP contribution is 2.48. The van der Waals surface area contributed by atoms with E-state index in [1.54, 1.807) is 63.2 Å². The van der Waals surface area contributed by atoms with Crippen LogP contribution in [0.3, 0.4) is 0 Å². The van der Waals surface area contributed by atoms with Crippen molar-refractivity contribution in [1.29, 1.82) is 0 Å². The summed E-state index contributed by atoms with van der Waals surface area (Å²) in [7, 11) is -3.57. The molecule has 0 aromatic heterocycles. The average Bonchev–Trinajstić information content (AvgIpc) is 3.23. The molecule has 0 unspecified atom stereocenters. The fourth-order valence-corrected chi connectivity index (χ4v) is 5.63. The molecule has 0 spiro atoms. The molecule has 4 rings (SSSR count). The van der Waals surface area contributed by atoms with Crippen LogP contribution in [-0.2, 0) is 23.1 Å². The molecule has 0 bridgehead atoms. The second-order valence-electron chi connectivity index (χ2n) is 8.06. The Morgan fingerprint density at radius 2 is 1.54 bits per heavy atom. The first-order valence-corrected chi connectivity index (χ1v) is 13.6. The summed E-state index contributed by atoms with van der Waals surface area (Å²) in [4.78, 5) is 25.3. The van der Waals surface area contributed by atoms with Gasteiger partial charge in [0.1, 0.15) is 0 Å². The van der Waals surface area contributed by atoms with Crippen LogP contribution in [0.1, 0.15) is 42.3 Å². The number of esters is 1. The van der Waals surface area contributed by atoms with Crippen LogP contribution in [0, 0.1) is 0 Å². The minimum atomic E-state index is -3.57. The van der Waals surface area contributed by atoms with Crippen LogP contribution in [0.5, 0.6) is 0 Å². The normalized spacial score (nSPS) is 14.1. The molecule has 0 aliphatic carbocycles. The van der Waals surface area contributed by atoms with E-state index in [1.807, 2.05) is 30.3 Å². The van der Waals surface area contributed by atoms with E-state index in [4.69, 9.17) is 13.8 Å².